The summed E-state index contributed by atoms with van der Waals surface area (Å²) in [6, 6.07) is 13.6. The number of hydrogen-bond donors (Lipinski definition) is 1. The van der Waals surface area contributed by atoms with Crippen molar-refractivity contribution in [3.05, 3.63) is 81.5 Å². The normalized spacial score (nSPS) is 13.5. The number of rotatable bonds is 5. The standard InChI is InChI=1S/C23H17Cl2N3O4/c1-13(29)32-28-20-9-7-17-16(20)3-2-4-21(17)31-22-10-6-15(12-26-22)27-23(30)14-5-8-18(24)19(25)11-14/h2-6,8,10-12H,7,9H2,1H3,(H,27,30)/b28-20-. The van der Waals surface area contributed by atoms with Gasteiger partial charge in [-0.3, -0.25) is 4.79 Å². The molecule has 0 atom stereocenters. The first-order valence-corrected chi connectivity index (χ1v) is 10.4. The van der Waals surface area contributed by atoms with Crippen molar-refractivity contribution in [2.75, 3.05) is 5.32 Å². The van der Waals surface area contributed by atoms with Crippen LogP contribution in [0.3, 0.4) is 0 Å². The van der Waals surface area contributed by atoms with Crippen LogP contribution in [0.5, 0.6) is 11.6 Å². The highest BCUT2D eigenvalue weighted by Gasteiger charge is 2.22. The van der Waals surface area contributed by atoms with Gasteiger partial charge in [-0.25, -0.2) is 9.78 Å². The van der Waals surface area contributed by atoms with E-state index in [0.717, 1.165) is 11.1 Å². The first kappa shape index (κ1) is 21.8. The van der Waals surface area contributed by atoms with Crippen molar-refractivity contribution in [3.63, 3.8) is 0 Å². The van der Waals surface area contributed by atoms with E-state index in [9.17, 15) is 9.59 Å². The number of pyridine rings is 1. The van der Waals surface area contributed by atoms with Crippen LogP contribution in [0.2, 0.25) is 10.0 Å². The summed E-state index contributed by atoms with van der Waals surface area (Å²) in [6.07, 6.45) is 2.86. The number of aromatic nitrogens is 1. The monoisotopic (exact) mass is 469 g/mol. The zero-order chi connectivity index (χ0) is 22.7. The van der Waals surface area contributed by atoms with E-state index in [1.165, 1.54) is 19.2 Å². The van der Waals surface area contributed by atoms with Gasteiger partial charge < -0.3 is 14.9 Å². The number of halogens is 2. The Balaban J connectivity index is 1.46. The van der Waals surface area contributed by atoms with Gasteiger partial charge in [0.25, 0.3) is 5.91 Å². The van der Waals surface area contributed by atoms with Crippen molar-refractivity contribution in [2.24, 2.45) is 5.16 Å². The molecule has 1 heterocycles. The van der Waals surface area contributed by atoms with Gasteiger partial charge in [0.05, 0.1) is 27.6 Å². The van der Waals surface area contributed by atoms with Crippen molar-refractivity contribution < 1.29 is 19.2 Å². The summed E-state index contributed by atoms with van der Waals surface area (Å²) in [4.78, 5) is 32.5. The third-order valence-electron chi connectivity index (χ3n) is 4.73. The lowest BCUT2D eigenvalue weighted by Crippen LogP contribution is -2.12. The predicted octanol–water partition coefficient (Wildman–Crippen LogP) is 5.65. The maximum absolute atomic E-state index is 12.4. The second-order valence-electron chi connectivity index (χ2n) is 6.97. The van der Waals surface area contributed by atoms with E-state index in [1.54, 1.807) is 24.3 Å². The topological polar surface area (TPSA) is 89.9 Å². The molecule has 1 aliphatic rings. The highest BCUT2D eigenvalue weighted by atomic mass is 35.5. The molecule has 0 aliphatic heterocycles. The van der Waals surface area contributed by atoms with Crippen LogP contribution in [0.15, 0.2) is 59.9 Å². The van der Waals surface area contributed by atoms with Crippen LogP contribution < -0.4 is 10.1 Å². The minimum Gasteiger partial charge on any atom is -0.439 e. The molecule has 9 heteroatoms. The fourth-order valence-corrected chi connectivity index (χ4v) is 3.55. The Bertz CT molecular complexity index is 1230. The average Bonchev–Trinajstić information content (AvgIpc) is 3.19. The average molecular weight is 470 g/mol. The van der Waals surface area contributed by atoms with Crippen LogP contribution >= 0.6 is 23.2 Å². The zero-order valence-corrected chi connectivity index (χ0v) is 18.4. The van der Waals surface area contributed by atoms with Crippen LogP contribution in [0.1, 0.15) is 34.8 Å². The SMILES string of the molecule is CC(=O)O/N=C1/CCc2c(Oc3ccc(NC(=O)c4ccc(Cl)c(Cl)c4)cn3)cccc21. The Morgan fingerprint density at radius 2 is 1.91 bits per heavy atom. The summed E-state index contributed by atoms with van der Waals surface area (Å²) in [5.74, 6) is 0.223. The molecule has 1 amide bonds. The van der Waals surface area contributed by atoms with E-state index in [1.807, 2.05) is 18.2 Å². The predicted molar refractivity (Wildman–Crippen MR) is 122 cm³/mol. The summed E-state index contributed by atoms with van der Waals surface area (Å²) in [5.41, 5.74) is 3.44. The van der Waals surface area contributed by atoms with Gasteiger partial charge in [0, 0.05) is 29.7 Å². The molecule has 0 bridgehead atoms. The first-order valence-electron chi connectivity index (χ1n) is 9.68. The molecular weight excluding hydrogens is 453 g/mol. The van der Waals surface area contributed by atoms with Crippen LogP contribution in [0, 0.1) is 0 Å². The van der Waals surface area contributed by atoms with Crippen molar-refractivity contribution in [1.82, 2.24) is 4.98 Å². The first-order chi connectivity index (χ1) is 15.4. The number of carbonyl (C=O) groups is 2. The maximum atomic E-state index is 12.4. The molecule has 4 rings (SSSR count). The largest absolute Gasteiger partial charge is 0.439 e. The Morgan fingerprint density at radius 3 is 2.62 bits per heavy atom. The molecule has 2 aromatic carbocycles. The molecule has 0 saturated heterocycles. The molecule has 0 radical (unpaired) electrons. The second-order valence-corrected chi connectivity index (χ2v) is 7.79. The zero-order valence-electron chi connectivity index (χ0n) is 16.9. The number of nitrogens with zero attached hydrogens (tertiary/aromatic N) is 2. The molecule has 7 nitrogen and oxygen atoms in total. The van der Waals surface area contributed by atoms with Gasteiger partial charge in [0.15, 0.2) is 0 Å². The van der Waals surface area contributed by atoms with Gasteiger partial charge in [-0.2, -0.15) is 0 Å². The van der Waals surface area contributed by atoms with Crippen molar-refractivity contribution in [3.8, 4) is 11.6 Å². The minimum atomic E-state index is -0.464. The fourth-order valence-electron chi connectivity index (χ4n) is 3.25. The number of nitrogens with one attached hydrogen (secondary N) is 1. The van der Waals surface area contributed by atoms with Gasteiger partial charge in [-0.05, 0) is 43.2 Å². The molecule has 3 aromatic rings. The number of ether oxygens (including phenoxy) is 1. The number of benzene rings is 2. The third kappa shape index (κ3) is 4.90. The van der Waals surface area contributed by atoms with E-state index < -0.39 is 5.97 Å². The van der Waals surface area contributed by atoms with Crippen LogP contribution in [-0.4, -0.2) is 22.6 Å². The van der Waals surface area contributed by atoms with Gasteiger partial charge in [-0.15, -0.1) is 0 Å². The number of fused-ring (bicyclic) bond motifs is 1. The minimum absolute atomic E-state index is 0.303. The van der Waals surface area contributed by atoms with Crippen molar-refractivity contribution >= 4 is 46.5 Å². The summed E-state index contributed by atoms with van der Waals surface area (Å²) in [7, 11) is 0. The van der Waals surface area contributed by atoms with Crippen LogP contribution in [-0.2, 0) is 16.1 Å². The number of hydrogen-bond acceptors (Lipinski definition) is 6. The summed E-state index contributed by atoms with van der Waals surface area (Å²) in [6.45, 7) is 1.31. The smallest absolute Gasteiger partial charge is 0.331 e. The lowest BCUT2D eigenvalue weighted by Gasteiger charge is -2.10. The Labute approximate surface area is 194 Å². The van der Waals surface area contributed by atoms with Gasteiger partial charge in [0.2, 0.25) is 5.88 Å². The molecule has 0 fully saturated rings. The molecule has 1 aliphatic carbocycles. The van der Waals surface area contributed by atoms with E-state index in [4.69, 9.17) is 32.8 Å². The molecular formula is C23H17Cl2N3O4. The van der Waals surface area contributed by atoms with E-state index >= 15 is 0 Å². The maximum Gasteiger partial charge on any atom is 0.331 e. The van der Waals surface area contributed by atoms with E-state index in [0.29, 0.717) is 51.5 Å². The quantitative estimate of drug-likeness (QED) is 0.385. The summed E-state index contributed by atoms with van der Waals surface area (Å²) in [5, 5.41) is 7.36. The number of carbonyl (C=O) groups excluding carboxylic acids is 2. The number of amides is 1. The molecule has 0 unspecified atom stereocenters. The summed E-state index contributed by atoms with van der Waals surface area (Å²) >= 11 is 11.9. The second kappa shape index (κ2) is 9.38. The lowest BCUT2D eigenvalue weighted by molar-refractivity contribution is -0.140. The molecule has 0 spiro atoms. The third-order valence-corrected chi connectivity index (χ3v) is 5.47. The Hall–Kier alpha value is -3.42. The lowest BCUT2D eigenvalue weighted by atomic mass is 10.1. The highest BCUT2D eigenvalue weighted by molar-refractivity contribution is 6.42. The Kier molecular flexibility index (Phi) is 6.39. The fraction of sp³-hybridized carbons (Fsp3) is 0.130. The van der Waals surface area contributed by atoms with Gasteiger partial charge in [0.1, 0.15) is 5.75 Å². The van der Waals surface area contributed by atoms with Gasteiger partial charge in [-0.1, -0.05) is 40.5 Å². The number of oxime groups is 1. The molecule has 1 N–H and O–H groups in total. The summed E-state index contributed by atoms with van der Waals surface area (Å²) < 4.78 is 5.95. The number of anilines is 1. The Morgan fingerprint density at radius 1 is 1.06 bits per heavy atom. The van der Waals surface area contributed by atoms with Crippen LogP contribution in [0.4, 0.5) is 5.69 Å². The van der Waals surface area contributed by atoms with Crippen molar-refractivity contribution in [1.29, 1.82) is 0 Å². The van der Waals surface area contributed by atoms with Crippen molar-refractivity contribution in [2.45, 2.75) is 19.8 Å². The molecule has 1 aromatic heterocycles. The van der Waals surface area contributed by atoms with E-state index in [2.05, 4.69) is 15.5 Å². The molecule has 32 heavy (non-hydrogen) atoms. The van der Waals surface area contributed by atoms with Gasteiger partial charge >= 0.3 is 5.97 Å². The highest BCUT2D eigenvalue weighted by Crippen LogP contribution is 2.33. The van der Waals surface area contributed by atoms with E-state index in [-0.39, 0.29) is 5.91 Å². The molecule has 0 saturated carbocycles. The van der Waals surface area contributed by atoms with Crippen LogP contribution in [0.25, 0.3) is 0 Å². The molecule has 162 valence electrons.